The Morgan fingerprint density at radius 1 is 1.21 bits per heavy atom. The number of hydrogen-bond acceptors (Lipinski definition) is 4. The molecule has 0 aliphatic carbocycles. The third-order valence-electron chi connectivity index (χ3n) is 2.61. The van der Waals surface area contributed by atoms with Gasteiger partial charge in [0, 0.05) is 17.8 Å². The molecule has 0 radical (unpaired) electrons. The summed E-state index contributed by atoms with van der Waals surface area (Å²) in [5.74, 6) is 0.423. The van der Waals surface area contributed by atoms with Crippen LogP contribution in [0.1, 0.15) is 5.01 Å². The van der Waals surface area contributed by atoms with Crippen LogP contribution in [0.25, 0.3) is 10.2 Å². The topological polar surface area (TPSA) is 48.1 Å². The Labute approximate surface area is 113 Å². The molecular formula is C14H11FN2OS. The maximum atomic E-state index is 13.1. The van der Waals surface area contributed by atoms with E-state index in [1.807, 2.05) is 12.1 Å². The zero-order valence-electron chi connectivity index (χ0n) is 9.97. The second-order valence-electron chi connectivity index (χ2n) is 4.08. The second kappa shape index (κ2) is 4.85. The zero-order chi connectivity index (χ0) is 13.2. The molecule has 0 aliphatic heterocycles. The van der Waals surface area contributed by atoms with Gasteiger partial charge in [0.25, 0.3) is 0 Å². The van der Waals surface area contributed by atoms with E-state index >= 15 is 0 Å². The molecule has 19 heavy (non-hydrogen) atoms. The number of rotatable bonds is 3. The highest BCUT2D eigenvalue weighted by atomic mass is 32.1. The molecular weight excluding hydrogens is 263 g/mol. The lowest BCUT2D eigenvalue weighted by atomic mass is 10.3. The molecule has 0 fully saturated rings. The van der Waals surface area contributed by atoms with Gasteiger partial charge < -0.3 is 10.5 Å². The monoisotopic (exact) mass is 274 g/mol. The molecule has 96 valence electrons. The smallest absolute Gasteiger partial charge is 0.140 e. The normalized spacial score (nSPS) is 10.8. The molecule has 1 aromatic heterocycles. The quantitative estimate of drug-likeness (QED) is 0.742. The molecule has 1 heterocycles. The highest BCUT2D eigenvalue weighted by Gasteiger charge is 2.05. The van der Waals surface area contributed by atoms with Crippen LogP contribution in [0.4, 0.5) is 10.1 Å². The third-order valence-corrected chi connectivity index (χ3v) is 3.62. The third kappa shape index (κ3) is 2.66. The molecule has 0 saturated heterocycles. The van der Waals surface area contributed by atoms with Crippen molar-refractivity contribution >= 4 is 27.2 Å². The molecule has 0 saturated carbocycles. The Hall–Kier alpha value is -2.14. The van der Waals surface area contributed by atoms with Crippen LogP contribution in [0, 0.1) is 5.82 Å². The van der Waals surface area contributed by atoms with Crippen molar-refractivity contribution in [3.8, 4) is 5.75 Å². The minimum atomic E-state index is -0.277. The highest BCUT2D eigenvalue weighted by molar-refractivity contribution is 7.18. The summed E-state index contributed by atoms with van der Waals surface area (Å²) in [6.07, 6.45) is 0. The number of ether oxygens (including phenoxy) is 1. The molecule has 3 aromatic rings. The Morgan fingerprint density at radius 2 is 2.11 bits per heavy atom. The minimum Gasteiger partial charge on any atom is -0.486 e. The van der Waals surface area contributed by atoms with Gasteiger partial charge in [0.05, 0.1) is 10.2 Å². The lowest BCUT2D eigenvalue weighted by Gasteiger charge is -2.03. The van der Waals surface area contributed by atoms with E-state index in [9.17, 15) is 4.39 Å². The van der Waals surface area contributed by atoms with E-state index < -0.39 is 0 Å². The number of benzene rings is 2. The van der Waals surface area contributed by atoms with Gasteiger partial charge in [-0.05, 0) is 24.3 Å². The number of aromatic nitrogens is 1. The first kappa shape index (κ1) is 11.9. The maximum absolute atomic E-state index is 13.1. The summed E-state index contributed by atoms with van der Waals surface area (Å²) < 4.78 is 19.6. The first-order valence-electron chi connectivity index (χ1n) is 5.74. The summed E-state index contributed by atoms with van der Waals surface area (Å²) in [7, 11) is 0. The van der Waals surface area contributed by atoms with Crippen molar-refractivity contribution in [1.29, 1.82) is 0 Å². The van der Waals surface area contributed by atoms with Gasteiger partial charge in [-0.15, -0.1) is 11.3 Å². The average Bonchev–Trinajstić information content (AvgIpc) is 2.78. The van der Waals surface area contributed by atoms with Crippen LogP contribution >= 0.6 is 11.3 Å². The highest BCUT2D eigenvalue weighted by Crippen LogP contribution is 2.24. The summed E-state index contributed by atoms with van der Waals surface area (Å²) in [5.41, 5.74) is 6.99. The van der Waals surface area contributed by atoms with Gasteiger partial charge >= 0.3 is 0 Å². The van der Waals surface area contributed by atoms with E-state index in [0.29, 0.717) is 23.6 Å². The Kier molecular flexibility index (Phi) is 3.05. The maximum Gasteiger partial charge on any atom is 0.140 e. The predicted molar refractivity (Wildman–Crippen MR) is 74.8 cm³/mol. The molecule has 0 bridgehead atoms. The lowest BCUT2D eigenvalue weighted by Crippen LogP contribution is -1.95. The summed E-state index contributed by atoms with van der Waals surface area (Å²) in [4.78, 5) is 4.33. The van der Waals surface area contributed by atoms with Gasteiger partial charge in [0.1, 0.15) is 23.2 Å². The molecule has 2 aromatic carbocycles. The summed E-state index contributed by atoms with van der Waals surface area (Å²) >= 11 is 1.50. The van der Waals surface area contributed by atoms with Crippen molar-refractivity contribution in [2.24, 2.45) is 0 Å². The van der Waals surface area contributed by atoms with Gasteiger partial charge in [-0.3, -0.25) is 0 Å². The van der Waals surface area contributed by atoms with Crippen molar-refractivity contribution in [3.63, 3.8) is 0 Å². The van der Waals surface area contributed by atoms with Crippen molar-refractivity contribution in [1.82, 2.24) is 4.98 Å². The molecule has 3 nitrogen and oxygen atoms in total. The number of nitrogen functional groups attached to an aromatic ring is 1. The van der Waals surface area contributed by atoms with Crippen molar-refractivity contribution in [3.05, 3.63) is 53.3 Å². The van der Waals surface area contributed by atoms with Gasteiger partial charge in [-0.2, -0.15) is 0 Å². The van der Waals surface area contributed by atoms with E-state index in [4.69, 9.17) is 10.5 Å². The van der Waals surface area contributed by atoms with Crippen LogP contribution < -0.4 is 10.5 Å². The van der Waals surface area contributed by atoms with E-state index in [0.717, 1.165) is 9.71 Å². The number of halogens is 1. The molecule has 0 unspecified atom stereocenters. The SMILES string of the molecule is Nc1cccc(OCc2nc3cc(F)ccc3s2)c1. The Morgan fingerprint density at radius 3 is 2.95 bits per heavy atom. The van der Waals surface area contributed by atoms with Crippen LogP contribution in [0.3, 0.4) is 0 Å². The molecule has 5 heteroatoms. The number of fused-ring (bicyclic) bond motifs is 1. The number of hydrogen-bond donors (Lipinski definition) is 1. The number of thiazole rings is 1. The van der Waals surface area contributed by atoms with Crippen LogP contribution in [0.15, 0.2) is 42.5 Å². The van der Waals surface area contributed by atoms with E-state index in [1.54, 1.807) is 18.2 Å². The average molecular weight is 274 g/mol. The Bertz CT molecular complexity index is 726. The fraction of sp³-hybridized carbons (Fsp3) is 0.0714. The molecule has 2 N–H and O–H groups in total. The first-order chi connectivity index (χ1) is 9.20. The van der Waals surface area contributed by atoms with Crippen LogP contribution in [0.2, 0.25) is 0 Å². The minimum absolute atomic E-state index is 0.277. The Balaban J connectivity index is 1.78. The van der Waals surface area contributed by atoms with E-state index in [-0.39, 0.29) is 5.82 Å². The van der Waals surface area contributed by atoms with Crippen LogP contribution in [0.5, 0.6) is 5.75 Å². The fourth-order valence-electron chi connectivity index (χ4n) is 1.76. The van der Waals surface area contributed by atoms with Crippen LogP contribution in [-0.2, 0) is 6.61 Å². The van der Waals surface area contributed by atoms with E-state index in [1.165, 1.54) is 23.5 Å². The van der Waals surface area contributed by atoms with Gasteiger partial charge in [0.15, 0.2) is 0 Å². The van der Waals surface area contributed by atoms with Crippen molar-refractivity contribution in [2.75, 3.05) is 5.73 Å². The second-order valence-corrected chi connectivity index (χ2v) is 5.20. The number of nitrogens with zero attached hydrogens (tertiary/aromatic N) is 1. The van der Waals surface area contributed by atoms with Gasteiger partial charge in [-0.1, -0.05) is 6.07 Å². The van der Waals surface area contributed by atoms with E-state index in [2.05, 4.69) is 4.98 Å². The van der Waals surface area contributed by atoms with Crippen molar-refractivity contribution in [2.45, 2.75) is 6.61 Å². The summed E-state index contributed by atoms with van der Waals surface area (Å²) in [5, 5.41) is 0.808. The standard InChI is InChI=1S/C14H11FN2OS/c15-9-4-5-13-12(6-9)17-14(19-13)8-18-11-3-1-2-10(16)7-11/h1-7H,8,16H2. The summed E-state index contributed by atoms with van der Waals surface area (Å²) in [6.45, 7) is 0.352. The summed E-state index contributed by atoms with van der Waals surface area (Å²) in [6, 6.07) is 11.8. The molecule has 0 amide bonds. The lowest BCUT2D eigenvalue weighted by molar-refractivity contribution is 0.306. The molecule has 0 atom stereocenters. The molecule has 3 rings (SSSR count). The molecule has 0 spiro atoms. The largest absolute Gasteiger partial charge is 0.486 e. The first-order valence-corrected chi connectivity index (χ1v) is 6.56. The number of nitrogens with two attached hydrogens (primary N) is 1. The van der Waals surface area contributed by atoms with Gasteiger partial charge in [-0.25, -0.2) is 9.37 Å². The fourth-order valence-corrected chi connectivity index (χ4v) is 2.62. The van der Waals surface area contributed by atoms with Crippen LogP contribution in [-0.4, -0.2) is 4.98 Å². The van der Waals surface area contributed by atoms with Crippen molar-refractivity contribution < 1.29 is 9.13 Å². The predicted octanol–water partition coefficient (Wildman–Crippen LogP) is 3.60. The molecule has 0 aliphatic rings. The van der Waals surface area contributed by atoms with Gasteiger partial charge in [0.2, 0.25) is 0 Å². The number of anilines is 1. The zero-order valence-corrected chi connectivity index (χ0v) is 10.8.